The predicted octanol–water partition coefficient (Wildman–Crippen LogP) is 2.21. The summed E-state index contributed by atoms with van der Waals surface area (Å²) < 4.78 is 35.7. The second kappa shape index (κ2) is 5.77. The molecule has 1 aromatic carbocycles. The maximum atomic E-state index is 13.1. The van der Waals surface area contributed by atoms with Crippen molar-refractivity contribution in [1.82, 2.24) is 0 Å². The maximum Gasteiger partial charge on any atom is 0.150 e. The van der Waals surface area contributed by atoms with Gasteiger partial charge in [0.15, 0.2) is 9.84 Å². The number of rotatable bonds is 4. The van der Waals surface area contributed by atoms with Crippen LogP contribution in [-0.4, -0.2) is 31.1 Å². The number of halogens is 2. The lowest BCUT2D eigenvalue weighted by Crippen LogP contribution is -2.17. The Balaban J connectivity index is 1.94. The first kappa shape index (κ1) is 14.8. The van der Waals surface area contributed by atoms with Gasteiger partial charge in [-0.15, -0.1) is 0 Å². The van der Waals surface area contributed by atoms with Gasteiger partial charge in [0.05, 0.1) is 17.6 Å². The summed E-state index contributed by atoms with van der Waals surface area (Å²) in [6.45, 7) is 0. The molecule has 0 radical (unpaired) electrons. The Kier molecular flexibility index (Phi) is 4.48. The number of aliphatic hydroxyl groups excluding tert-OH is 1. The summed E-state index contributed by atoms with van der Waals surface area (Å²) in [4.78, 5) is 0. The summed E-state index contributed by atoms with van der Waals surface area (Å²) in [5, 5.41) is 10.4. The first-order chi connectivity index (χ1) is 8.85. The highest BCUT2D eigenvalue weighted by Crippen LogP contribution is 2.25. The van der Waals surface area contributed by atoms with E-state index in [0.717, 1.165) is 0 Å². The third-order valence-electron chi connectivity index (χ3n) is 3.40. The minimum atomic E-state index is -2.93. The molecule has 3 nitrogen and oxygen atoms in total. The van der Waals surface area contributed by atoms with Gasteiger partial charge in [0.25, 0.3) is 0 Å². The summed E-state index contributed by atoms with van der Waals surface area (Å²) in [7, 11) is -2.93. The van der Waals surface area contributed by atoms with Crippen LogP contribution in [0.4, 0.5) is 4.39 Å². The van der Waals surface area contributed by atoms with E-state index in [0.29, 0.717) is 23.4 Å². The largest absolute Gasteiger partial charge is 0.393 e. The highest BCUT2D eigenvalue weighted by molar-refractivity contribution is 7.91. The Morgan fingerprint density at radius 1 is 1.47 bits per heavy atom. The average Bonchev–Trinajstić information content (AvgIpc) is 2.63. The minimum Gasteiger partial charge on any atom is -0.393 e. The number of aliphatic hydroxyl groups is 1. The number of hydrogen-bond acceptors (Lipinski definition) is 3. The van der Waals surface area contributed by atoms with E-state index in [2.05, 4.69) is 0 Å². The number of hydrogen-bond donors (Lipinski definition) is 1. The molecule has 1 saturated heterocycles. The summed E-state index contributed by atoms with van der Waals surface area (Å²) in [5.74, 6) is -0.0612. The summed E-state index contributed by atoms with van der Waals surface area (Å²) >= 11 is 5.93. The normalized spacial score (nSPS) is 23.4. The highest BCUT2D eigenvalue weighted by Gasteiger charge is 2.29. The van der Waals surface area contributed by atoms with Crippen molar-refractivity contribution in [1.29, 1.82) is 0 Å². The van der Waals surface area contributed by atoms with Crippen molar-refractivity contribution >= 4 is 21.4 Å². The fourth-order valence-corrected chi connectivity index (χ4v) is 4.55. The summed E-state index contributed by atoms with van der Waals surface area (Å²) in [6.07, 6.45) is 0.549. The third-order valence-corrected chi connectivity index (χ3v) is 5.60. The lowest BCUT2D eigenvalue weighted by atomic mass is 9.96. The Hall–Kier alpha value is -0.650. The lowest BCUT2D eigenvalue weighted by Gasteiger charge is -2.15. The van der Waals surface area contributed by atoms with E-state index in [4.69, 9.17) is 11.6 Å². The number of benzene rings is 1. The molecule has 6 heteroatoms. The zero-order chi connectivity index (χ0) is 14.0. The Labute approximate surface area is 117 Å². The second-order valence-electron chi connectivity index (χ2n) is 5.10. The lowest BCUT2D eigenvalue weighted by molar-refractivity contribution is 0.147. The smallest absolute Gasteiger partial charge is 0.150 e. The van der Waals surface area contributed by atoms with E-state index >= 15 is 0 Å². The molecule has 1 aliphatic heterocycles. The quantitative estimate of drug-likeness (QED) is 0.928. The van der Waals surface area contributed by atoms with Gasteiger partial charge in [0.1, 0.15) is 5.82 Å². The second-order valence-corrected chi connectivity index (χ2v) is 7.73. The standard InChI is InChI=1S/C13H16ClFO3S/c14-13-2-1-11(15)6-10(13)7-12(16)5-9-3-4-19(17,18)8-9/h1-2,6,9,12,16H,3-5,7-8H2. The van der Waals surface area contributed by atoms with Gasteiger partial charge < -0.3 is 5.11 Å². The van der Waals surface area contributed by atoms with Crippen molar-refractivity contribution in [3.63, 3.8) is 0 Å². The number of sulfone groups is 1. The van der Waals surface area contributed by atoms with E-state index in [9.17, 15) is 17.9 Å². The van der Waals surface area contributed by atoms with Crippen molar-refractivity contribution in [2.75, 3.05) is 11.5 Å². The van der Waals surface area contributed by atoms with Gasteiger partial charge in [-0.1, -0.05) is 11.6 Å². The molecule has 106 valence electrons. The van der Waals surface area contributed by atoms with Gasteiger partial charge in [0, 0.05) is 5.02 Å². The van der Waals surface area contributed by atoms with E-state index in [-0.39, 0.29) is 23.8 Å². The monoisotopic (exact) mass is 306 g/mol. The van der Waals surface area contributed by atoms with Crippen LogP contribution >= 0.6 is 11.6 Å². The zero-order valence-corrected chi connectivity index (χ0v) is 11.9. The molecule has 0 aromatic heterocycles. The van der Waals surface area contributed by atoms with Gasteiger partial charge in [-0.2, -0.15) is 0 Å². The first-order valence-electron chi connectivity index (χ1n) is 6.18. The topological polar surface area (TPSA) is 54.4 Å². The molecule has 1 N–H and O–H groups in total. The highest BCUT2D eigenvalue weighted by atomic mass is 35.5. The molecule has 0 saturated carbocycles. The van der Waals surface area contributed by atoms with E-state index in [1.807, 2.05) is 0 Å². The van der Waals surface area contributed by atoms with Crippen LogP contribution in [0.3, 0.4) is 0 Å². The van der Waals surface area contributed by atoms with Crippen LogP contribution in [0.2, 0.25) is 5.02 Å². The molecule has 19 heavy (non-hydrogen) atoms. The van der Waals surface area contributed by atoms with Crippen molar-refractivity contribution in [3.05, 3.63) is 34.6 Å². The zero-order valence-electron chi connectivity index (χ0n) is 10.4. The van der Waals surface area contributed by atoms with Crippen LogP contribution in [0.5, 0.6) is 0 Å². The predicted molar refractivity (Wildman–Crippen MR) is 72.5 cm³/mol. The van der Waals surface area contributed by atoms with Crippen LogP contribution < -0.4 is 0 Å². The minimum absolute atomic E-state index is 0.00710. The molecule has 1 heterocycles. The molecule has 0 bridgehead atoms. The van der Waals surface area contributed by atoms with Crippen LogP contribution in [0.15, 0.2) is 18.2 Å². The summed E-state index contributed by atoms with van der Waals surface area (Å²) in [6, 6.07) is 4.03. The molecule has 0 spiro atoms. The van der Waals surface area contributed by atoms with E-state index in [1.54, 1.807) is 0 Å². The van der Waals surface area contributed by atoms with Crippen molar-refractivity contribution in [2.24, 2.45) is 5.92 Å². The molecule has 1 fully saturated rings. The van der Waals surface area contributed by atoms with Crippen LogP contribution in [-0.2, 0) is 16.3 Å². The molecule has 0 aliphatic carbocycles. The average molecular weight is 307 g/mol. The van der Waals surface area contributed by atoms with Crippen molar-refractivity contribution in [3.8, 4) is 0 Å². The fourth-order valence-electron chi connectivity index (χ4n) is 2.48. The molecule has 0 amide bonds. The Morgan fingerprint density at radius 2 is 2.21 bits per heavy atom. The molecule has 2 unspecified atom stereocenters. The van der Waals surface area contributed by atoms with Crippen molar-refractivity contribution < 1.29 is 17.9 Å². The van der Waals surface area contributed by atoms with Crippen LogP contribution in [0, 0.1) is 11.7 Å². The van der Waals surface area contributed by atoms with Crippen molar-refractivity contribution in [2.45, 2.75) is 25.4 Å². The van der Waals surface area contributed by atoms with Gasteiger partial charge in [-0.25, -0.2) is 12.8 Å². The first-order valence-corrected chi connectivity index (χ1v) is 8.38. The summed E-state index contributed by atoms with van der Waals surface area (Å²) in [5.41, 5.74) is 0.551. The molecule has 1 aliphatic rings. The molecule has 1 aromatic rings. The van der Waals surface area contributed by atoms with E-state index in [1.165, 1.54) is 18.2 Å². The molecular formula is C13H16ClFO3S. The SMILES string of the molecule is O=S1(=O)CCC(CC(O)Cc2cc(F)ccc2Cl)C1. The Morgan fingerprint density at radius 3 is 2.84 bits per heavy atom. The van der Waals surface area contributed by atoms with Crippen LogP contribution in [0.25, 0.3) is 0 Å². The van der Waals surface area contributed by atoms with Gasteiger partial charge in [0.2, 0.25) is 0 Å². The van der Waals surface area contributed by atoms with Gasteiger partial charge in [-0.05, 0) is 48.9 Å². The molecule has 2 atom stereocenters. The van der Waals surface area contributed by atoms with Crippen LogP contribution in [0.1, 0.15) is 18.4 Å². The fraction of sp³-hybridized carbons (Fsp3) is 0.538. The van der Waals surface area contributed by atoms with Gasteiger partial charge in [-0.3, -0.25) is 0 Å². The Bertz CT molecular complexity index is 559. The third kappa shape index (κ3) is 4.16. The van der Waals surface area contributed by atoms with Gasteiger partial charge >= 0.3 is 0 Å². The van der Waals surface area contributed by atoms with E-state index < -0.39 is 21.8 Å². The maximum absolute atomic E-state index is 13.1. The molecule has 2 rings (SSSR count). The molecular weight excluding hydrogens is 291 g/mol.